The minimum atomic E-state index is -0.917. The summed E-state index contributed by atoms with van der Waals surface area (Å²) in [5.74, 6) is -1.32. The molecule has 2 fully saturated rings. The summed E-state index contributed by atoms with van der Waals surface area (Å²) in [5.41, 5.74) is 0.602. The zero-order valence-electron chi connectivity index (χ0n) is 13.5. The first-order valence-corrected chi connectivity index (χ1v) is 7.52. The van der Waals surface area contributed by atoms with E-state index in [1.807, 2.05) is 0 Å². The second-order valence-corrected chi connectivity index (χ2v) is 6.72. The maximum atomic E-state index is 12.5. The molecule has 1 heterocycles. The normalized spacial score (nSPS) is 32.6. The van der Waals surface area contributed by atoms with Crippen LogP contribution in [0.3, 0.4) is 0 Å². The molecule has 1 aliphatic carbocycles. The number of epoxide rings is 1. The minimum absolute atomic E-state index is 0.0487. The average Bonchev–Trinajstić information content (AvgIpc) is 3.18. The first kappa shape index (κ1) is 16.7. The van der Waals surface area contributed by atoms with E-state index < -0.39 is 11.3 Å². The maximum Gasteiger partial charge on any atom is 0.313 e. The van der Waals surface area contributed by atoms with Crippen molar-refractivity contribution in [3.63, 3.8) is 0 Å². The number of ether oxygens (including phenoxy) is 3. The van der Waals surface area contributed by atoms with E-state index in [1.165, 1.54) is 0 Å². The summed E-state index contributed by atoms with van der Waals surface area (Å²) in [7, 11) is 0. The molecule has 0 radical (unpaired) electrons. The zero-order chi connectivity index (χ0) is 16.5. The summed E-state index contributed by atoms with van der Waals surface area (Å²) in [4.78, 5) is 24.9. The molecule has 2 rings (SSSR count). The smallest absolute Gasteiger partial charge is 0.313 e. The lowest BCUT2D eigenvalue weighted by molar-refractivity contribution is -0.169. The van der Waals surface area contributed by atoms with E-state index in [9.17, 15) is 9.59 Å². The van der Waals surface area contributed by atoms with Gasteiger partial charge in [0.05, 0.1) is 23.5 Å². The minimum Gasteiger partial charge on any atom is -0.461 e. The summed E-state index contributed by atoms with van der Waals surface area (Å²) in [6.07, 6.45) is 1.09. The summed E-state index contributed by atoms with van der Waals surface area (Å²) in [5, 5.41) is 0. The van der Waals surface area contributed by atoms with Crippen molar-refractivity contribution >= 4 is 11.9 Å². The van der Waals surface area contributed by atoms with Gasteiger partial charge in [0, 0.05) is 0 Å². The predicted octanol–water partition coefficient (Wildman–Crippen LogP) is 2.41. The fourth-order valence-electron chi connectivity index (χ4n) is 2.85. The number of hydrogen-bond acceptors (Lipinski definition) is 5. The van der Waals surface area contributed by atoms with Crippen molar-refractivity contribution in [2.45, 2.75) is 45.8 Å². The van der Waals surface area contributed by atoms with Crippen LogP contribution < -0.4 is 0 Å². The highest BCUT2D eigenvalue weighted by atomic mass is 16.6. The molecule has 1 saturated heterocycles. The second-order valence-electron chi connectivity index (χ2n) is 6.72. The maximum absolute atomic E-state index is 12.5. The number of fused-ring (bicyclic) bond motifs is 1. The van der Waals surface area contributed by atoms with Crippen LogP contribution in [-0.4, -0.2) is 37.4 Å². The molecular weight excluding hydrogens is 284 g/mol. The molecular formula is C17H24O5. The lowest BCUT2D eigenvalue weighted by Crippen LogP contribution is -2.46. The van der Waals surface area contributed by atoms with E-state index in [-0.39, 0.29) is 37.4 Å². The van der Waals surface area contributed by atoms with Gasteiger partial charge in [-0.2, -0.15) is 0 Å². The van der Waals surface area contributed by atoms with Crippen LogP contribution in [0, 0.1) is 11.3 Å². The molecule has 2 aliphatic rings. The topological polar surface area (TPSA) is 65.1 Å². The first-order valence-electron chi connectivity index (χ1n) is 7.52. The van der Waals surface area contributed by atoms with Gasteiger partial charge in [0.1, 0.15) is 13.2 Å². The van der Waals surface area contributed by atoms with Crippen LogP contribution in [-0.2, 0) is 23.8 Å². The molecule has 4 atom stereocenters. The Morgan fingerprint density at radius 3 is 2.32 bits per heavy atom. The van der Waals surface area contributed by atoms with Gasteiger partial charge in [-0.1, -0.05) is 13.2 Å². The average molecular weight is 308 g/mol. The summed E-state index contributed by atoms with van der Waals surface area (Å²) in [6, 6.07) is 0. The third-order valence-electron chi connectivity index (χ3n) is 4.21. The number of hydrogen-bond donors (Lipinski definition) is 0. The number of carbonyl (C=O) groups excluding carboxylic acids is 2. The Morgan fingerprint density at radius 1 is 1.14 bits per heavy atom. The molecule has 5 heteroatoms. The van der Waals surface area contributed by atoms with Gasteiger partial charge in [-0.05, 0) is 44.8 Å². The fourth-order valence-corrected chi connectivity index (χ4v) is 2.85. The molecule has 0 amide bonds. The lowest BCUT2D eigenvalue weighted by Gasteiger charge is -2.35. The molecule has 0 aromatic rings. The van der Waals surface area contributed by atoms with Crippen molar-refractivity contribution in [3.05, 3.63) is 24.3 Å². The van der Waals surface area contributed by atoms with Crippen LogP contribution in [0.5, 0.6) is 0 Å². The van der Waals surface area contributed by atoms with Crippen LogP contribution in [0.1, 0.15) is 33.6 Å². The van der Waals surface area contributed by atoms with Crippen molar-refractivity contribution < 1.29 is 23.8 Å². The SMILES string of the molecule is C=C(C)COC(=O)C1CC2OC2CC1(C)C(=O)OCC(=C)C. The highest BCUT2D eigenvalue weighted by molar-refractivity contribution is 5.86. The molecule has 22 heavy (non-hydrogen) atoms. The Labute approximate surface area is 131 Å². The Balaban J connectivity index is 2.09. The Bertz CT molecular complexity index is 509. The van der Waals surface area contributed by atoms with E-state index in [0.29, 0.717) is 12.8 Å². The second kappa shape index (κ2) is 6.24. The number of carbonyl (C=O) groups is 2. The van der Waals surface area contributed by atoms with Crippen LogP contribution >= 0.6 is 0 Å². The van der Waals surface area contributed by atoms with Crippen LogP contribution in [0.25, 0.3) is 0 Å². The van der Waals surface area contributed by atoms with Gasteiger partial charge in [0.15, 0.2) is 0 Å². The predicted molar refractivity (Wildman–Crippen MR) is 81.0 cm³/mol. The first-order chi connectivity index (χ1) is 10.2. The third kappa shape index (κ3) is 3.58. The quantitative estimate of drug-likeness (QED) is 0.428. The summed E-state index contributed by atoms with van der Waals surface area (Å²) < 4.78 is 16.1. The molecule has 5 nitrogen and oxygen atoms in total. The Morgan fingerprint density at radius 2 is 1.73 bits per heavy atom. The van der Waals surface area contributed by atoms with Crippen molar-refractivity contribution in [1.29, 1.82) is 0 Å². The fraction of sp³-hybridized carbons (Fsp3) is 0.647. The van der Waals surface area contributed by atoms with E-state index in [0.717, 1.165) is 11.1 Å². The van der Waals surface area contributed by atoms with Crippen LogP contribution in [0.2, 0.25) is 0 Å². The largest absolute Gasteiger partial charge is 0.461 e. The molecule has 0 aromatic carbocycles. The van der Waals surface area contributed by atoms with Crippen LogP contribution in [0.15, 0.2) is 24.3 Å². The van der Waals surface area contributed by atoms with Gasteiger partial charge in [0.25, 0.3) is 0 Å². The van der Waals surface area contributed by atoms with Gasteiger partial charge >= 0.3 is 11.9 Å². The molecule has 1 saturated carbocycles. The zero-order valence-corrected chi connectivity index (χ0v) is 13.5. The monoisotopic (exact) mass is 308 g/mol. The number of esters is 2. The van der Waals surface area contributed by atoms with Gasteiger partial charge in [-0.25, -0.2) is 0 Å². The van der Waals surface area contributed by atoms with Crippen molar-refractivity contribution in [1.82, 2.24) is 0 Å². The summed E-state index contributed by atoms with van der Waals surface area (Å²) in [6.45, 7) is 13.1. The van der Waals surface area contributed by atoms with Crippen molar-refractivity contribution in [2.75, 3.05) is 13.2 Å². The van der Waals surface area contributed by atoms with Gasteiger partial charge in [0.2, 0.25) is 0 Å². The standard InChI is InChI=1S/C17H24O5/c1-10(2)8-20-15(18)12-6-13-14(22-13)7-17(12,5)16(19)21-9-11(3)4/h12-14H,1,3,6-9H2,2,4-5H3. The van der Waals surface area contributed by atoms with E-state index in [4.69, 9.17) is 14.2 Å². The highest BCUT2D eigenvalue weighted by Crippen LogP contribution is 2.50. The summed E-state index contributed by atoms with van der Waals surface area (Å²) >= 11 is 0. The van der Waals surface area contributed by atoms with Gasteiger partial charge < -0.3 is 14.2 Å². The molecule has 0 aromatic heterocycles. The van der Waals surface area contributed by atoms with E-state index >= 15 is 0 Å². The molecule has 4 unspecified atom stereocenters. The Kier molecular flexibility index (Phi) is 4.75. The number of rotatable bonds is 6. The Hall–Kier alpha value is -1.62. The third-order valence-corrected chi connectivity index (χ3v) is 4.21. The van der Waals surface area contributed by atoms with Crippen LogP contribution in [0.4, 0.5) is 0 Å². The van der Waals surface area contributed by atoms with Gasteiger partial charge in [-0.15, -0.1) is 0 Å². The van der Waals surface area contributed by atoms with Crippen molar-refractivity contribution in [2.24, 2.45) is 11.3 Å². The molecule has 1 aliphatic heterocycles. The molecule has 0 N–H and O–H groups in total. The van der Waals surface area contributed by atoms with Crippen molar-refractivity contribution in [3.8, 4) is 0 Å². The van der Waals surface area contributed by atoms with E-state index in [2.05, 4.69) is 13.2 Å². The molecule has 0 spiro atoms. The van der Waals surface area contributed by atoms with Gasteiger partial charge in [-0.3, -0.25) is 9.59 Å². The molecule has 122 valence electrons. The van der Waals surface area contributed by atoms with E-state index in [1.54, 1.807) is 20.8 Å². The lowest BCUT2D eigenvalue weighted by atomic mass is 9.67. The molecule has 0 bridgehead atoms. The highest BCUT2D eigenvalue weighted by Gasteiger charge is 2.60.